The van der Waals surface area contributed by atoms with Gasteiger partial charge >= 0.3 is 24.2 Å². The Morgan fingerprint density at radius 1 is 0.750 bits per heavy atom. The summed E-state index contributed by atoms with van der Waals surface area (Å²) in [6, 6.07) is 12.2. The number of hydrogen-bond donors (Lipinski definition) is 1. The lowest BCUT2D eigenvalue weighted by Gasteiger charge is -2.31. The molecule has 15 heteroatoms. The van der Waals surface area contributed by atoms with Crippen LogP contribution in [-0.2, 0) is 11.8 Å². The predicted molar refractivity (Wildman–Crippen MR) is 133 cm³/mol. The summed E-state index contributed by atoms with van der Waals surface area (Å²) >= 11 is 0.964. The first-order valence-corrected chi connectivity index (χ1v) is 11.8. The van der Waals surface area contributed by atoms with Gasteiger partial charge in [-0.25, -0.2) is 4.39 Å². The van der Waals surface area contributed by atoms with Crippen LogP contribution in [0.25, 0.3) is 0 Å². The third kappa shape index (κ3) is 6.02. The standard InChI is InChI=1S/C25H15F10IN2O2/c1-38(21(40)13-6-3-2-4-7-13)16-9-5-8-14(10-16)20(39)37-19-17(23(27,28)29)11-15(12-18(19)36)22(26,24(30,31)32)25(33,34)35/h2-12H,1H3,(H,37,39). The van der Waals surface area contributed by atoms with Crippen LogP contribution in [-0.4, -0.2) is 31.2 Å². The Bertz CT molecular complexity index is 1410. The molecule has 2 amide bonds. The van der Waals surface area contributed by atoms with E-state index in [2.05, 4.69) is 0 Å². The Labute approximate surface area is 233 Å². The maximum Gasteiger partial charge on any atom is 0.435 e. The van der Waals surface area contributed by atoms with Crippen LogP contribution in [0, 0.1) is 3.57 Å². The molecule has 0 aromatic heterocycles. The smallest absolute Gasteiger partial charge is 0.320 e. The number of nitrogens with one attached hydrogen (secondary N) is 1. The van der Waals surface area contributed by atoms with Gasteiger partial charge in [0.2, 0.25) is 0 Å². The summed E-state index contributed by atoms with van der Waals surface area (Å²) in [5, 5.41) is 1.83. The van der Waals surface area contributed by atoms with Gasteiger partial charge in [0.15, 0.2) is 0 Å². The van der Waals surface area contributed by atoms with Crippen molar-refractivity contribution in [3.05, 3.63) is 92.6 Å². The Morgan fingerprint density at radius 3 is 1.82 bits per heavy atom. The molecule has 0 heterocycles. The zero-order valence-electron chi connectivity index (χ0n) is 19.8. The van der Waals surface area contributed by atoms with Crippen LogP contribution in [0.1, 0.15) is 31.8 Å². The van der Waals surface area contributed by atoms with E-state index >= 15 is 0 Å². The highest BCUT2D eigenvalue weighted by Crippen LogP contribution is 2.54. The van der Waals surface area contributed by atoms with Gasteiger partial charge in [-0.1, -0.05) is 24.3 Å². The topological polar surface area (TPSA) is 49.4 Å². The molecule has 0 aliphatic rings. The number of nitrogens with zero attached hydrogens (tertiary/aromatic N) is 1. The molecule has 0 radical (unpaired) electrons. The van der Waals surface area contributed by atoms with Crippen LogP contribution in [0.2, 0.25) is 0 Å². The van der Waals surface area contributed by atoms with Gasteiger partial charge in [0.25, 0.3) is 11.8 Å². The summed E-state index contributed by atoms with van der Waals surface area (Å²) in [7, 11) is 1.36. The van der Waals surface area contributed by atoms with E-state index in [1.807, 2.05) is 5.32 Å². The molecule has 3 aromatic carbocycles. The lowest BCUT2D eigenvalue weighted by Crippen LogP contribution is -2.50. The largest absolute Gasteiger partial charge is 0.435 e. The molecule has 0 bridgehead atoms. The number of amides is 2. The summed E-state index contributed by atoms with van der Waals surface area (Å²) in [5.74, 6) is -1.73. The van der Waals surface area contributed by atoms with Crippen molar-refractivity contribution in [2.75, 3.05) is 17.3 Å². The molecular weight excluding hydrogens is 677 g/mol. The summed E-state index contributed by atoms with van der Waals surface area (Å²) in [5.41, 5.74) is -11.7. The summed E-state index contributed by atoms with van der Waals surface area (Å²) in [4.78, 5) is 26.7. The van der Waals surface area contributed by atoms with E-state index in [9.17, 15) is 53.5 Å². The van der Waals surface area contributed by atoms with E-state index in [1.165, 1.54) is 31.3 Å². The molecule has 214 valence electrons. The minimum Gasteiger partial charge on any atom is -0.320 e. The fourth-order valence-electron chi connectivity index (χ4n) is 3.58. The van der Waals surface area contributed by atoms with Crippen molar-refractivity contribution in [3.8, 4) is 0 Å². The first-order valence-electron chi connectivity index (χ1n) is 10.8. The number of halogens is 11. The van der Waals surface area contributed by atoms with Crippen LogP contribution in [0.4, 0.5) is 55.3 Å². The molecule has 3 rings (SSSR count). The van der Waals surface area contributed by atoms with Gasteiger partial charge in [-0.05, 0) is 65.1 Å². The summed E-state index contributed by atoms with van der Waals surface area (Å²) < 4.78 is 134. The molecule has 0 aliphatic heterocycles. The molecule has 0 saturated carbocycles. The minimum atomic E-state index is -6.65. The Morgan fingerprint density at radius 2 is 1.30 bits per heavy atom. The number of alkyl halides is 10. The second kappa shape index (κ2) is 10.9. The van der Waals surface area contributed by atoms with Crippen molar-refractivity contribution in [2.24, 2.45) is 0 Å². The Balaban J connectivity index is 2.03. The van der Waals surface area contributed by atoms with Crippen molar-refractivity contribution in [2.45, 2.75) is 24.2 Å². The molecule has 40 heavy (non-hydrogen) atoms. The lowest BCUT2D eigenvalue weighted by molar-refractivity contribution is -0.348. The highest BCUT2D eigenvalue weighted by molar-refractivity contribution is 14.1. The monoisotopic (exact) mass is 692 g/mol. The first-order chi connectivity index (χ1) is 18.3. The SMILES string of the molecule is CN(C(=O)c1ccccc1)c1cccc(C(=O)Nc2c(I)cc(C(F)(C(F)(F)F)C(F)(F)F)cc2C(F)(F)F)c1. The molecule has 0 fully saturated rings. The average molecular weight is 692 g/mol. The van der Waals surface area contributed by atoms with Gasteiger partial charge in [-0.3, -0.25) is 9.59 Å². The van der Waals surface area contributed by atoms with E-state index in [0.29, 0.717) is 0 Å². The highest BCUT2D eigenvalue weighted by Gasteiger charge is 2.73. The van der Waals surface area contributed by atoms with E-state index in [0.717, 1.165) is 39.6 Å². The van der Waals surface area contributed by atoms with Crippen molar-refractivity contribution < 1.29 is 53.5 Å². The van der Waals surface area contributed by atoms with Gasteiger partial charge in [0, 0.05) is 33.0 Å². The third-order valence-corrected chi connectivity index (χ3v) is 6.48. The van der Waals surface area contributed by atoms with E-state index in [4.69, 9.17) is 0 Å². The molecule has 0 aliphatic carbocycles. The fraction of sp³-hybridized carbons (Fsp3) is 0.200. The second-order valence-corrected chi connectivity index (χ2v) is 9.43. The van der Waals surface area contributed by atoms with E-state index in [1.54, 1.807) is 18.2 Å². The molecule has 0 saturated heterocycles. The van der Waals surface area contributed by atoms with Crippen molar-refractivity contribution in [1.82, 2.24) is 0 Å². The molecule has 1 N–H and O–H groups in total. The normalized spacial score (nSPS) is 12.7. The van der Waals surface area contributed by atoms with Crippen LogP contribution in [0.5, 0.6) is 0 Å². The number of rotatable bonds is 5. The van der Waals surface area contributed by atoms with E-state index in [-0.39, 0.29) is 22.9 Å². The predicted octanol–water partition coefficient (Wildman–Crippen LogP) is 8.13. The van der Waals surface area contributed by atoms with Gasteiger partial charge in [0.1, 0.15) is 0 Å². The molecule has 0 atom stereocenters. The van der Waals surface area contributed by atoms with Crippen molar-refractivity contribution >= 4 is 45.8 Å². The molecule has 0 unspecified atom stereocenters. The van der Waals surface area contributed by atoms with Gasteiger partial charge < -0.3 is 10.2 Å². The van der Waals surface area contributed by atoms with E-state index < -0.39 is 62.5 Å². The maximum absolute atomic E-state index is 14.5. The second-order valence-electron chi connectivity index (χ2n) is 8.27. The summed E-state index contributed by atoms with van der Waals surface area (Å²) in [6.07, 6.45) is -18.9. The quantitative estimate of drug-likeness (QED) is 0.217. The van der Waals surface area contributed by atoms with Gasteiger partial charge in [0.05, 0.1) is 11.3 Å². The van der Waals surface area contributed by atoms with Crippen LogP contribution >= 0.6 is 22.6 Å². The Hall–Kier alpha value is -3.37. The number of carbonyl (C=O) groups excluding carboxylic acids is 2. The van der Waals surface area contributed by atoms with Gasteiger partial charge in [-0.15, -0.1) is 0 Å². The fourth-order valence-corrected chi connectivity index (χ4v) is 4.34. The van der Waals surface area contributed by atoms with Crippen molar-refractivity contribution in [1.29, 1.82) is 0 Å². The van der Waals surface area contributed by atoms with Gasteiger partial charge in [-0.2, -0.15) is 39.5 Å². The molecular formula is C25H15F10IN2O2. The van der Waals surface area contributed by atoms with Crippen LogP contribution < -0.4 is 10.2 Å². The highest BCUT2D eigenvalue weighted by atomic mass is 127. The summed E-state index contributed by atoms with van der Waals surface area (Å²) in [6.45, 7) is 0. The number of anilines is 2. The molecule has 0 spiro atoms. The number of hydrogen-bond acceptors (Lipinski definition) is 2. The zero-order chi connectivity index (χ0) is 30.3. The molecule has 4 nitrogen and oxygen atoms in total. The first kappa shape index (κ1) is 31.2. The van der Waals surface area contributed by atoms with Crippen molar-refractivity contribution in [3.63, 3.8) is 0 Å². The number of benzene rings is 3. The molecule has 3 aromatic rings. The number of carbonyl (C=O) groups is 2. The van der Waals surface area contributed by atoms with Crippen LogP contribution in [0.15, 0.2) is 66.7 Å². The Kier molecular flexibility index (Phi) is 8.49. The third-order valence-electron chi connectivity index (χ3n) is 5.63. The van der Waals surface area contributed by atoms with Crippen LogP contribution in [0.3, 0.4) is 0 Å². The average Bonchev–Trinajstić information content (AvgIpc) is 2.86. The zero-order valence-corrected chi connectivity index (χ0v) is 21.9. The minimum absolute atomic E-state index is 0.0743. The lowest BCUT2D eigenvalue weighted by atomic mass is 9.92. The maximum atomic E-state index is 14.5.